The monoisotopic (exact) mass is 705 g/mol. The smallest absolute Gasteiger partial charge is 0.306 e. The minimum Gasteiger partial charge on any atom is -0.461 e. The zero-order chi connectivity index (χ0) is 36.2. The van der Waals surface area contributed by atoms with Crippen LogP contribution >= 0.6 is 0 Å². The molecule has 0 spiro atoms. The molecule has 0 fully saturated rings. The van der Waals surface area contributed by atoms with Crippen molar-refractivity contribution in [3.8, 4) is 0 Å². The van der Waals surface area contributed by atoms with Gasteiger partial charge in [-0.3, -0.25) is 9.59 Å². The Balaban J connectivity index is 0.0000250. The molecular weight excluding hydrogens is 629 g/mol. The molecule has 0 amide bonds. The maximum Gasteiger partial charge on any atom is 0.306 e. The molecule has 0 aliphatic heterocycles. The molecule has 51 heavy (non-hydrogen) atoms. The lowest BCUT2D eigenvalue weighted by Gasteiger charge is -2.10. The molecule has 0 N–H and O–H groups in total. The van der Waals surface area contributed by atoms with Crippen molar-refractivity contribution in [1.29, 1.82) is 0 Å². The van der Waals surface area contributed by atoms with E-state index in [1.54, 1.807) is 6.08 Å². The van der Waals surface area contributed by atoms with Crippen LogP contribution in [0.25, 0.3) is 6.08 Å². The summed E-state index contributed by atoms with van der Waals surface area (Å²) in [6.07, 6.45) is 46.5. The molecule has 0 unspecified atom stereocenters. The average Bonchev–Trinajstić information content (AvgIpc) is 3.13. The summed E-state index contributed by atoms with van der Waals surface area (Å²) in [5, 5.41) is 0. The standard InChI is InChI=1S/C46H72O4.CH4/c1-4-7-9-11-13-15-17-19-21-23-25-27-29-31-33-35-45(47)49-40-43-37-42(6-3)38-44(39-43)41-50-46(48)36-34-32-30-28-26-24-22-20-18-16-14-12-10-8-5-2;/h6,13-16,19-22,37-39H,3-5,7-12,17-18,23-36,40-41H2,1-2H3;1H4/b15-13-,16-14-,21-19-,22-20-;. The van der Waals surface area contributed by atoms with E-state index < -0.39 is 0 Å². The van der Waals surface area contributed by atoms with Crippen LogP contribution in [0.3, 0.4) is 0 Å². The van der Waals surface area contributed by atoms with Crippen molar-refractivity contribution >= 4 is 18.0 Å². The number of carbonyl (C=O) groups is 2. The number of unbranched alkanes of at least 4 members (excludes halogenated alkanes) is 16. The number of allylic oxidation sites excluding steroid dienone is 8. The SMILES string of the molecule is C.C=Cc1cc(COC(=O)CCCCCCC/C=C\C/C=C\CCCCC)cc(COC(=O)CCCCCCC/C=C\C/C=C\CCCCC)c1. The lowest BCUT2D eigenvalue weighted by Crippen LogP contribution is -2.07. The van der Waals surface area contributed by atoms with Gasteiger partial charge in [-0.15, -0.1) is 0 Å². The molecule has 288 valence electrons. The maximum absolute atomic E-state index is 12.4. The Labute approximate surface area is 315 Å². The highest BCUT2D eigenvalue weighted by Gasteiger charge is 2.08. The summed E-state index contributed by atoms with van der Waals surface area (Å²) in [4.78, 5) is 24.7. The van der Waals surface area contributed by atoms with Crippen molar-refractivity contribution in [3.63, 3.8) is 0 Å². The predicted octanol–water partition coefficient (Wildman–Crippen LogP) is 14.7. The van der Waals surface area contributed by atoms with Gasteiger partial charge in [-0.05, 0) is 112 Å². The Morgan fingerprint density at radius 2 is 0.863 bits per heavy atom. The number of benzene rings is 1. The summed E-state index contributed by atoms with van der Waals surface area (Å²) >= 11 is 0. The summed E-state index contributed by atoms with van der Waals surface area (Å²) in [5.41, 5.74) is 2.69. The van der Waals surface area contributed by atoms with Crippen LogP contribution in [-0.2, 0) is 32.3 Å². The van der Waals surface area contributed by atoms with Crippen LogP contribution < -0.4 is 0 Å². The Bertz CT molecular complexity index is 1030. The topological polar surface area (TPSA) is 52.6 Å². The van der Waals surface area contributed by atoms with E-state index in [1.165, 1.54) is 77.0 Å². The fourth-order valence-corrected chi connectivity index (χ4v) is 5.71. The van der Waals surface area contributed by atoms with Gasteiger partial charge < -0.3 is 9.47 Å². The maximum atomic E-state index is 12.4. The summed E-state index contributed by atoms with van der Waals surface area (Å²) in [6, 6.07) is 5.88. The highest BCUT2D eigenvalue weighted by Crippen LogP contribution is 2.16. The van der Waals surface area contributed by atoms with E-state index in [0.29, 0.717) is 12.8 Å². The first kappa shape index (κ1) is 47.9. The minimum absolute atomic E-state index is 0. The Morgan fingerprint density at radius 1 is 0.510 bits per heavy atom. The molecule has 4 nitrogen and oxygen atoms in total. The summed E-state index contributed by atoms with van der Waals surface area (Å²) in [6.45, 7) is 8.80. The first-order chi connectivity index (χ1) is 24.6. The van der Waals surface area contributed by atoms with Crippen molar-refractivity contribution < 1.29 is 19.1 Å². The second-order valence-corrected chi connectivity index (χ2v) is 13.6. The third-order valence-corrected chi connectivity index (χ3v) is 8.77. The van der Waals surface area contributed by atoms with Crippen LogP contribution in [0.1, 0.15) is 192 Å². The molecule has 0 heterocycles. The van der Waals surface area contributed by atoms with Gasteiger partial charge in [-0.2, -0.15) is 0 Å². The highest BCUT2D eigenvalue weighted by atomic mass is 16.5. The fourth-order valence-electron chi connectivity index (χ4n) is 5.71. The van der Waals surface area contributed by atoms with E-state index in [-0.39, 0.29) is 32.6 Å². The normalized spacial score (nSPS) is 11.6. The zero-order valence-electron chi connectivity index (χ0n) is 32.2. The predicted molar refractivity (Wildman–Crippen MR) is 222 cm³/mol. The Hall–Kier alpha value is -3.14. The second-order valence-electron chi connectivity index (χ2n) is 13.6. The summed E-state index contributed by atoms with van der Waals surface area (Å²) in [7, 11) is 0. The van der Waals surface area contributed by atoms with Crippen molar-refractivity contribution in [3.05, 3.63) is 90.1 Å². The molecule has 0 bridgehead atoms. The summed E-state index contributed by atoms with van der Waals surface area (Å²) < 4.78 is 11.1. The third-order valence-electron chi connectivity index (χ3n) is 8.77. The van der Waals surface area contributed by atoms with Crippen LogP contribution in [0.4, 0.5) is 0 Å². The average molecular weight is 705 g/mol. The van der Waals surface area contributed by atoms with Gasteiger partial charge in [0.2, 0.25) is 0 Å². The van der Waals surface area contributed by atoms with Gasteiger partial charge in [0.1, 0.15) is 13.2 Å². The molecule has 4 heteroatoms. The van der Waals surface area contributed by atoms with Crippen LogP contribution in [0.2, 0.25) is 0 Å². The van der Waals surface area contributed by atoms with Crippen molar-refractivity contribution in [1.82, 2.24) is 0 Å². The number of carbonyl (C=O) groups excluding carboxylic acids is 2. The van der Waals surface area contributed by atoms with E-state index in [9.17, 15) is 9.59 Å². The molecule has 0 saturated heterocycles. The first-order valence-electron chi connectivity index (χ1n) is 20.3. The van der Waals surface area contributed by atoms with Gasteiger partial charge in [0.15, 0.2) is 0 Å². The van der Waals surface area contributed by atoms with Crippen LogP contribution in [-0.4, -0.2) is 11.9 Å². The zero-order valence-corrected chi connectivity index (χ0v) is 32.2. The first-order valence-corrected chi connectivity index (χ1v) is 20.3. The number of hydrogen-bond donors (Lipinski definition) is 0. The molecule has 0 aliphatic carbocycles. The largest absolute Gasteiger partial charge is 0.461 e. The van der Waals surface area contributed by atoms with Gasteiger partial charge >= 0.3 is 11.9 Å². The van der Waals surface area contributed by atoms with Crippen LogP contribution in [0.15, 0.2) is 73.4 Å². The van der Waals surface area contributed by atoms with E-state index in [0.717, 1.165) is 80.9 Å². The lowest BCUT2D eigenvalue weighted by molar-refractivity contribution is -0.145. The minimum atomic E-state index is -0.162. The van der Waals surface area contributed by atoms with Crippen LogP contribution in [0.5, 0.6) is 0 Å². The molecule has 1 rings (SSSR count). The summed E-state index contributed by atoms with van der Waals surface area (Å²) in [5.74, 6) is -0.324. The molecule has 1 aromatic carbocycles. The lowest BCUT2D eigenvalue weighted by atomic mass is 10.1. The molecule has 1 aromatic rings. The number of esters is 2. The molecule has 0 atom stereocenters. The Morgan fingerprint density at radius 3 is 1.24 bits per heavy atom. The van der Waals surface area contributed by atoms with Crippen molar-refractivity contribution in [2.45, 2.75) is 189 Å². The number of hydrogen-bond acceptors (Lipinski definition) is 4. The third kappa shape index (κ3) is 31.3. The molecule has 0 aromatic heterocycles. The van der Waals surface area contributed by atoms with E-state index >= 15 is 0 Å². The van der Waals surface area contributed by atoms with Gasteiger partial charge in [0, 0.05) is 12.8 Å². The van der Waals surface area contributed by atoms with Crippen molar-refractivity contribution in [2.75, 3.05) is 0 Å². The number of rotatable bonds is 33. The molecule has 0 radical (unpaired) electrons. The van der Waals surface area contributed by atoms with Gasteiger partial charge in [0.05, 0.1) is 0 Å². The van der Waals surface area contributed by atoms with Gasteiger partial charge in [-0.25, -0.2) is 0 Å². The number of ether oxygens (including phenoxy) is 2. The second kappa shape index (κ2) is 36.6. The van der Waals surface area contributed by atoms with E-state index in [4.69, 9.17) is 9.47 Å². The van der Waals surface area contributed by atoms with E-state index in [1.807, 2.05) is 18.2 Å². The fraction of sp³-hybridized carbons (Fsp3) is 0.617. The Kier molecular flexibility index (Phi) is 34.4. The molecule has 0 saturated carbocycles. The van der Waals surface area contributed by atoms with Gasteiger partial charge in [0.25, 0.3) is 0 Å². The molecular formula is C47H76O4. The quantitative estimate of drug-likeness (QED) is 0.0415. The highest BCUT2D eigenvalue weighted by molar-refractivity contribution is 5.69. The van der Waals surface area contributed by atoms with Gasteiger partial charge in [-0.1, -0.05) is 147 Å². The van der Waals surface area contributed by atoms with Crippen molar-refractivity contribution in [2.24, 2.45) is 0 Å². The van der Waals surface area contributed by atoms with Crippen LogP contribution in [0, 0.1) is 0 Å². The molecule has 0 aliphatic rings. The van der Waals surface area contributed by atoms with E-state index in [2.05, 4.69) is 69.0 Å².